The smallest absolute Gasteiger partial charge is 0.228 e. The molecule has 0 heterocycles. The summed E-state index contributed by atoms with van der Waals surface area (Å²) < 4.78 is 0. The lowest BCUT2D eigenvalue weighted by molar-refractivity contribution is -0.125. The van der Waals surface area contributed by atoms with E-state index < -0.39 is 5.41 Å². The zero-order chi connectivity index (χ0) is 14.9. The van der Waals surface area contributed by atoms with Crippen molar-refractivity contribution in [3.05, 3.63) is 48.0 Å². The van der Waals surface area contributed by atoms with Crippen LogP contribution in [0.5, 0.6) is 0 Å². The molecule has 1 fully saturated rings. The molecule has 1 amide bonds. The Balaban J connectivity index is 2.07. The Hall–Kier alpha value is -1.83. The van der Waals surface area contributed by atoms with Gasteiger partial charge in [-0.05, 0) is 42.0 Å². The molecule has 21 heavy (non-hydrogen) atoms. The van der Waals surface area contributed by atoms with E-state index in [0.717, 1.165) is 18.4 Å². The number of carbonyl (C=O) groups is 1. The summed E-state index contributed by atoms with van der Waals surface area (Å²) >= 11 is 0. The average Bonchev–Trinajstić information content (AvgIpc) is 2.54. The third-order valence-electron chi connectivity index (χ3n) is 5.28. The van der Waals surface area contributed by atoms with Gasteiger partial charge in [-0.3, -0.25) is 4.79 Å². The summed E-state index contributed by atoms with van der Waals surface area (Å²) in [7, 11) is 0. The number of fused-ring (bicyclic) bond motifs is 1. The zero-order valence-electron chi connectivity index (χ0n) is 12.6. The minimum atomic E-state index is -0.551. The van der Waals surface area contributed by atoms with E-state index in [4.69, 9.17) is 5.73 Å². The number of nitrogens with two attached hydrogens (primary N) is 1. The summed E-state index contributed by atoms with van der Waals surface area (Å²) in [6.07, 6.45) is 5.91. The van der Waals surface area contributed by atoms with Gasteiger partial charge >= 0.3 is 0 Å². The van der Waals surface area contributed by atoms with E-state index in [0.29, 0.717) is 5.92 Å². The predicted molar refractivity (Wildman–Crippen MR) is 87.1 cm³/mol. The van der Waals surface area contributed by atoms with Gasteiger partial charge in [0, 0.05) is 0 Å². The molecule has 1 atom stereocenters. The van der Waals surface area contributed by atoms with E-state index >= 15 is 0 Å². The van der Waals surface area contributed by atoms with Crippen LogP contribution in [0.25, 0.3) is 10.8 Å². The van der Waals surface area contributed by atoms with Crippen LogP contribution < -0.4 is 5.73 Å². The molecule has 0 spiro atoms. The third-order valence-corrected chi connectivity index (χ3v) is 5.28. The van der Waals surface area contributed by atoms with E-state index in [2.05, 4.69) is 30.3 Å². The maximum absolute atomic E-state index is 12.3. The van der Waals surface area contributed by atoms with Crippen molar-refractivity contribution >= 4 is 16.7 Å². The first-order valence-corrected chi connectivity index (χ1v) is 7.91. The Bertz CT molecular complexity index is 657. The van der Waals surface area contributed by atoms with E-state index in [9.17, 15) is 4.79 Å². The standard InChI is InChI=1S/C19H23NO/c1-19(18(20)21,16-9-3-2-4-10-16)17-12-11-14-7-5-6-8-15(14)13-17/h5-8,11-13,16H,2-4,9-10H2,1H3,(H2,20,21). The molecule has 2 aromatic carbocycles. The van der Waals surface area contributed by atoms with Gasteiger partial charge in [-0.1, -0.05) is 61.7 Å². The van der Waals surface area contributed by atoms with Gasteiger partial charge in [-0.15, -0.1) is 0 Å². The van der Waals surface area contributed by atoms with Crippen LogP contribution in [0.4, 0.5) is 0 Å². The Morgan fingerprint density at radius 1 is 1.05 bits per heavy atom. The molecule has 3 rings (SSSR count). The fourth-order valence-electron chi connectivity index (χ4n) is 3.77. The number of carbonyl (C=O) groups excluding carboxylic acids is 1. The highest BCUT2D eigenvalue weighted by molar-refractivity contribution is 5.90. The number of benzene rings is 2. The molecule has 2 aromatic rings. The first-order chi connectivity index (χ1) is 10.1. The molecular weight excluding hydrogens is 258 g/mol. The van der Waals surface area contributed by atoms with E-state index in [1.807, 2.05) is 19.1 Å². The van der Waals surface area contributed by atoms with Crippen molar-refractivity contribution in [1.82, 2.24) is 0 Å². The third kappa shape index (κ3) is 2.44. The molecule has 2 heteroatoms. The van der Waals surface area contributed by atoms with Crippen LogP contribution in [0.3, 0.4) is 0 Å². The van der Waals surface area contributed by atoms with Gasteiger partial charge < -0.3 is 5.73 Å². The molecule has 110 valence electrons. The lowest BCUT2D eigenvalue weighted by Crippen LogP contribution is -2.45. The normalized spacial score (nSPS) is 19.3. The molecule has 0 radical (unpaired) electrons. The largest absolute Gasteiger partial charge is 0.369 e. The second-order valence-electron chi connectivity index (χ2n) is 6.46. The molecule has 2 nitrogen and oxygen atoms in total. The fourth-order valence-corrected chi connectivity index (χ4v) is 3.77. The van der Waals surface area contributed by atoms with Crippen molar-refractivity contribution in [3.8, 4) is 0 Å². The van der Waals surface area contributed by atoms with Crippen molar-refractivity contribution in [1.29, 1.82) is 0 Å². The summed E-state index contributed by atoms with van der Waals surface area (Å²) in [6, 6.07) is 14.6. The highest BCUT2D eigenvalue weighted by atomic mass is 16.1. The Labute approximate surface area is 126 Å². The van der Waals surface area contributed by atoms with Gasteiger partial charge in [0.1, 0.15) is 0 Å². The van der Waals surface area contributed by atoms with Gasteiger partial charge in [-0.2, -0.15) is 0 Å². The number of primary amides is 1. The van der Waals surface area contributed by atoms with Crippen molar-refractivity contribution in [2.24, 2.45) is 11.7 Å². The average molecular weight is 281 g/mol. The number of amides is 1. The van der Waals surface area contributed by atoms with E-state index in [1.54, 1.807) is 0 Å². The predicted octanol–water partition coefficient (Wildman–Crippen LogP) is 4.16. The van der Waals surface area contributed by atoms with E-state index in [-0.39, 0.29) is 5.91 Å². The molecule has 0 aliphatic heterocycles. The molecule has 1 aliphatic carbocycles. The van der Waals surface area contributed by atoms with Crippen molar-refractivity contribution in [2.75, 3.05) is 0 Å². The highest BCUT2D eigenvalue weighted by Crippen LogP contribution is 2.41. The Kier molecular flexibility index (Phi) is 3.71. The quantitative estimate of drug-likeness (QED) is 0.901. The zero-order valence-corrected chi connectivity index (χ0v) is 12.6. The summed E-state index contributed by atoms with van der Waals surface area (Å²) in [4.78, 5) is 12.3. The monoisotopic (exact) mass is 281 g/mol. The lowest BCUT2D eigenvalue weighted by atomic mass is 9.65. The molecule has 0 bridgehead atoms. The Morgan fingerprint density at radius 3 is 2.38 bits per heavy atom. The first kappa shape index (κ1) is 14.1. The fraction of sp³-hybridized carbons (Fsp3) is 0.421. The SMILES string of the molecule is CC(C(N)=O)(c1ccc2ccccc2c1)C1CCCCC1. The van der Waals surface area contributed by atoms with Crippen LogP contribution in [0.2, 0.25) is 0 Å². The minimum Gasteiger partial charge on any atom is -0.369 e. The highest BCUT2D eigenvalue weighted by Gasteiger charge is 2.41. The molecule has 0 aromatic heterocycles. The topological polar surface area (TPSA) is 43.1 Å². The second kappa shape index (κ2) is 5.51. The van der Waals surface area contributed by atoms with Crippen molar-refractivity contribution in [2.45, 2.75) is 44.4 Å². The summed E-state index contributed by atoms with van der Waals surface area (Å²) in [5.74, 6) is 0.176. The van der Waals surface area contributed by atoms with Crippen molar-refractivity contribution < 1.29 is 4.79 Å². The van der Waals surface area contributed by atoms with Crippen LogP contribution in [-0.2, 0) is 10.2 Å². The number of rotatable bonds is 3. The summed E-state index contributed by atoms with van der Waals surface area (Å²) in [5.41, 5.74) is 6.36. The molecule has 0 saturated heterocycles. The van der Waals surface area contributed by atoms with Gasteiger partial charge in [0.15, 0.2) is 0 Å². The molecule has 1 unspecified atom stereocenters. The van der Waals surface area contributed by atoms with Gasteiger partial charge in [0.25, 0.3) is 0 Å². The van der Waals surface area contributed by atoms with Crippen LogP contribution in [0, 0.1) is 5.92 Å². The molecule has 1 aliphatic rings. The van der Waals surface area contributed by atoms with Gasteiger partial charge in [0.2, 0.25) is 5.91 Å². The summed E-state index contributed by atoms with van der Waals surface area (Å²) in [6.45, 7) is 2.04. The lowest BCUT2D eigenvalue weighted by Gasteiger charge is -2.38. The van der Waals surface area contributed by atoms with Crippen LogP contribution in [-0.4, -0.2) is 5.91 Å². The minimum absolute atomic E-state index is 0.190. The Morgan fingerprint density at radius 2 is 1.71 bits per heavy atom. The molecular formula is C19H23NO. The first-order valence-electron chi connectivity index (χ1n) is 7.91. The van der Waals surface area contributed by atoms with Crippen LogP contribution in [0.15, 0.2) is 42.5 Å². The van der Waals surface area contributed by atoms with Gasteiger partial charge in [0.05, 0.1) is 5.41 Å². The second-order valence-corrected chi connectivity index (χ2v) is 6.46. The van der Waals surface area contributed by atoms with E-state index in [1.165, 1.54) is 30.0 Å². The molecule has 1 saturated carbocycles. The number of hydrogen-bond donors (Lipinski definition) is 1. The molecule has 2 N–H and O–H groups in total. The van der Waals surface area contributed by atoms with Crippen molar-refractivity contribution in [3.63, 3.8) is 0 Å². The summed E-state index contributed by atoms with van der Waals surface area (Å²) in [5, 5.41) is 2.38. The van der Waals surface area contributed by atoms with Crippen LogP contribution in [0.1, 0.15) is 44.6 Å². The maximum atomic E-state index is 12.3. The van der Waals surface area contributed by atoms with Gasteiger partial charge in [-0.25, -0.2) is 0 Å². The number of hydrogen-bond acceptors (Lipinski definition) is 1. The van der Waals surface area contributed by atoms with Crippen LogP contribution >= 0.6 is 0 Å². The maximum Gasteiger partial charge on any atom is 0.228 e.